The number of carbonyl (C=O) groups excluding carboxylic acids is 1. The minimum atomic E-state index is -1.01. The first kappa shape index (κ1) is 27.9. The van der Waals surface area contributed by atoms with Crippen LogP contribution in [-0.2, 0) is 22.5 Å². The first-order valence-electron chi connectivity index (χ1n) is 14.9. The van der Waals surface area contributed by atoms with E-state index in [-0.39, 0.29) is 19.6 Å². The molecule has 1 saturated heterocycles. The van der Waals surface area contributed by atoms with Crippen LogP contribution in [0.15, 0.2) is 42.9 Å². The third-order valence-electron chi connectivity index (χ3n) is 9.49. The van der Waals surface area contributed by atoms with Gasteiger partial charge in [0, 0.05) is 42.4 Å². The van der Waals surface area contributed by atoms with Gasteiger partial charge in [-0.2, -0.15) is 5.10 Å². The number of nitrogens with zero attached hydrogens (tertiary/aromatic N) is 5. The van der Waals surface area contributed by atoms with Gasteiger partial charge in [0.05, 0.1) is 35.2 Å². The van der Waals surface area contributed by atoms with Crippen molar-refractivity contribution in [3.8, 4) is 11.1 Å². The van der Waals surface area contributed by atoms with E-state index in [1.165, 1.54) is 36.2 Å². The summed E-state index contributed by atoms with van der Waals surface area (Å²) in [5, 5.41) is 6.29. The zero-order valence-corrected chi connectivity index (χ0v) is 25.3. The van der Waals surface area contributed by atoms with Crippen LogP contribution in [0.1, 0.15) is 55.6 Å². The van der Waals surface area contributed by atoms with Gasteiger partial charge in [-0.25, -0.2) is 14.2 Å². The van der Waals surface area contributed by atoms with Crippen LogP contribution < -0.4 is 0 Å². The van der Waals surface area contributed by atoms with Gasteiger partial charge in [-0.15, -0.1) is 0 Å². The number of carbonyl (C=O) groups is 1. The minimum absolute atomic E-state index is 0.188. The largest absolute Gasteiger partial charge is 0.464 e. The second kappa shape index (κ2) is 11.0. The molecular formula is C32H34Cl2FN5O2. The van der Waals surface area contributed by atoms with Crippen molar-refractivity contribution >= 4 is 40.1 Å². The number of benzene rings is 2. The molecule has 2 fully saturated rings. The molecule has 1 saturated carbocycles. The van der Waals surface area contributed by atoms with Crippen LogP contribution in [0.5, 0.6) is 0 Å². The molecule has 0 spiro atoms. The van der Waals surface area contributed by atoms with Crippen molar-refractivity contribution in [3.05, 3.63) is 69.9 Å². The Hall–Kier alpha value is -2.94. The van der Waals surface area contributed by atoms with Gasteiger partial charge in [-0.1, -0.05) is 54.4 Å². The minimum Gasteiger partial charge on any atom is -0.464 e. The monoisotopic (exact) mass is 609 g/mol. The summed E-state index contributed by atoms with van der Waals surface area (Å²) < 4.78 is 22.8. The normalized spacial score (nSPS) is 24.3. The van der Waals surface area contributed by atoms with E-state index in [1.807, 2.05) is 6.07 Å². The summed E-state index contributed by atoms with van der Waals surface area (Å²) >= 11 is 13.8. The Morgan fingerprint density at radius 2 is 1.86 bits per heavy atom. The molecule has 4 aromatic rings. The SMILES string of the molecule is CCOC(=O)C(c1ncn2c1C[C@@H](F)C2)n1cc2c(Cl)cc(-c3ccc(C4C[C@@H]5CN(CC)C[C@@H]5C4)cc3)c(Cl)c2n1. The highest BCUT2D eigenvalue weighted by Gasteiger charge is 2.40. The molecule has 1 aliphatic carbocycles. The molecule has 0 N–H and O–H groups in total. The fourth-order valence-corrected chi connectivity index (χ4v) is 7.96. The number of esters is 1. The lowest BCUT2D eigenvalue weighted by molar-refractivity contribution is -0.146. The van der Waals surface area contributed by atoms with Crippen LogP contribution in [0.3, 0.4) is 0 Å². The average Bonchev–Trinajstić information content (AvgIpc) is 3.78. The van der Waals surface area contributed by atoms with E-state index in [9.17, 15) is 9.18 Å². The Labute approximate surface area is 254 Å². The number of ether oxygens (including phenoxy) is 1. The summed E-state index contributed by atoms with van der Waals surface area (Å²) in [5.41, 5.74) is 4.71. The van der Waals surface area contributed by atoms with Crippen molar-refractivity contribution in [1.29, 1.82) is 0 Å². The van der Waals surface area contributed by atoms with E-state index in [1.54, 1.807) is 24.0 Å². The van der Waals surface area contributed by atoms with E-state index in [2.05, 4.69) is 41.1 Å². The van der Waals surface area contributed by atoms with Crippen LogP contribution in [0.25, 0.3) is 22.0 Å². The van der Waals surface area contributed by atoms with Gasteiger partial charge in [0.25, 0.3) is 0 Å². The van der Waals surface area contributed by atoms with Crippen molar-refractivity contribution in [2.24, 2.45) is 11.8 Å². The number of fused-ring (bicyclic) bond motifs is 3. The smallest absolute Gasteiger partial charge is 0.337 e. The van der Waals surface area contributed by atoms with Crippen LogP contribution in [0, 0.1) is 11.8 Å². The van der Waals surface area contributed by atoms with Crippen molar-refractivity contribution < 1.29 is 13.9 Å². The van der Waals surface area contributed by atoms with Gasteiger partial charge < -0.3 is 14.2 Å². The topological polar surface area (TPSA) is 65.2 Å². The molecule has 0 bridgehead atoms. The summed E-state index contributed by atoms with van der Waals surface area (Å²) in [6.45, 7) is 8.01. The van der Waals surface area contributed by atoms with E-state index in [0.717, 1.165) is 29.5 Å². The van der Waals surface area contributed by atoms with Crippen molar-refractivity contribution in [2.45, 2.75) is 57.8 Å². The Balaban J connectivity index is 1.20. The molecule has 10 heteroatoms. The van der Waals surface area contributed by atoms with Gasteiger partial charge >= 0.3 is 5.97 Å². The van der Waals surface area contributed by atoms with Crippen LogP contribution >= 0.6 is 23.2 Å². The van der Waals surface area contributed by atoms with Crippen LogP contribution in [0.4, 0.5) is 4.39 Å². The zero-order valence-electron chi connectivity index (χ0n) is 23.8. The fourth-order valence-electron chi connectivity index (χ4n) is 7.41. The number of hydrogen-bond donors (Lipinski definition) is 0. The molecule has 2 unspecified atom stereocenters. The molecule has 220 valence electrons. The maximum Gasteiger partial charge on any atom is 0.337 e. The Morgan fingerprint density at radius 1 is 1.12 bits per heavy atom. The van der Waals surface area contributed by atoms with Gasteiger partial charge in [0.2, 0.25) is 0 Å². The molecule has 2 aromatic heterocycles. The number of halogens is 3. The van der Waals surface area contributed by atoms with E-state index < -0.39 is 18.2 Å². The second-order valence-corrected chi connectivity index (χ2v) is 12.7. The lowest BCUT2D eigenvalue weighted by Gasteiger charge is -2.17. The molecule has 2 aliphatic heterocycles. The van der Waals surface area contributed by atoms with E-state index in [4.69, 9.17) is 33.0 Å². The molecular weight excluding hydrogens is 576 g/mol. The Morgan fingerprint density at radius 3 is 2.55 bits per heavy atom. The first-order chi connectivity index (χ1) is 20.3. The number of hydrogen-bond acceptors (Lipinski definition) is 5. The highest BCUT2D eigenvalue weighted by atomic mass is 35.5. The van der Waals surface area contributed by atoms with Gasteiger partial charge in [-0.05, 0) is 61.3 Å². The third kappa shape index (κ3) is 4.72. The second-order valence-electron chi connectivity index (χ2n) is 11.9. The Bertz CT molecular complexity index is 1640. The van der Waals surface area contributed by atoms with E-state index in [0.29, 0.717) is 38.3 Å². The Kier molecular flexibility index (Phi) is 7.27. The summed E-state index contributed by atoms with van der Waals surface area (Å²) in [6.07, 6.45) is 4.95. The average molecular weight is 611 g/mol. The summed E-state index contributed by atoms with van der Waals surface area (Å²) in [6, 6.07) is 9.55. The highest BCUT2D eigenvalue weighted by molar-refractivity contribution is 6.42. The molecule has 7 nitrogen and oxygen atoms in total. The van der Waals surface area contributed by atoms with Gasteiger partial charge in [0.15, 0.2) is 6.04 Å². The van der Waals surface area contributed by atoms with Crippen LogP contribution in [-0.4, -0.2) is 62.6 Å². The molecule has 5 atom stereocenters. The lowest BCUT2D eigenvalue weighted by Crippen LogP contribution is -2.25. The zero-order chi connectivity index (χ0) is 29.1. The standard InChI is InChI=1S/C32H34Cl2FN5O2/c1-3-38-13-21-9-20(10-22(21)14-38)18-5-7-19(8-6-18)24-12-26(33)25-16-40(37-29(25)28(24)34)31(32(41)42-4-2)30-27-11-23(35)15-39(27)17-36-30/h5-8,12,16-17,20-23,31H,3-4,9-11,13-15H2,1-2H3/t20?,21-,22+,23-,31?/m1/s1. The number of aromatic nitrogens is 4. The molecule has 0 amide bonds. The van der Waals surface area contributed by atoms with Crippen molar-refractivity contribution in [3.63, 3.8) is 0 Å². The highest BCUT2D eigenvalue weighted by Crippen LogP contribution is 2.47. The number of rotatable bonds is 7. The van der Waals surface area contributed by atoms with Gasteiger partial charge in [0.1, 0.15) is 11.7 Å². The van der Waals surface area contributed by atoms with Crippen LogP contribution in [0.2, 0.25) is 10.0 Å². The number of imidazole rings is 1. The molecule has 42 heavy (non-hydrogen) atoms. The summed E-state index contributed by atoms with van der Waals surface area (Å²) in [4.78, 5) is 20.2. The lowest BCUT2D eigenvalue weighted by atomic mass is 9.93. The van der Waals surface area contributed by atoms with Crippen molar-refractivity contribution in [1.82, 2.24) is 24.2 Å². The summed E-state index contributed by atoms with van der Waals surface area (Å²) in [7, 11) is 0. The van der Waals surface area contributed by atoms with E-state index >= 15 is 0 Å². The third-order valence-corrected chi connectivity index (χ3v) is 10.2. The molecule has 3 aliphatic rings. The molecule has 4 heterocycles. The molecule has 7 rings (SSSR count). The predicted octanol–water partition coefficient (Wildman–Crippen LogP) is 6.70. The number of likely N-dealkylation sites (tertiary alicyclic amines) is 1. The number of alkyl halides is 1. The maximum absolute atomic E-state index is 14.2. The van der Waals surface area contributed by atoms with Gasteiger partial charge in [-0.3, -0.25) is 4.68 Å². The first-order valence-corrected chi connectivity index (χ1v) is 15.6. The fraction of sp³-hybridized carbons (Fsp3) is 0.469. The molecule has 2 aromatic carbocycles. The quantitative estimate of drug-likeness (QED) is 0.218. The predicted molar refractivity (Wildman–Crippen MR) is 162 cm³/mol. The summed E-state index contributed by atoms with van der Waals surface area (Å²) in [5.74, 6) is 1.69. The van der Waals surface area contributed by atoms with Crippen molar-refractivity contribution in [2.75, 3.05) is 26.2 Å². The molecule has 0 radical (unpaired) electrons. The maximum atomic E-state index is 14.2.